The molecule has 1 unspecified atom stereocenters. The largest absolute Gasteiger partial charge is 0.394 e. The van der Waals surface area contributed by atoms with Gasteiger partial charge in [0.1, 0.15) is 0 Å². The Kier molecular flexibility index (Phi) is 4.60. The van der Waals surface area contributed by atoms with Gasteiger partial charge in [-0.1, -0.05) is 41.4 Å². The number of benzene rings is 2. The van der Waals surface area contributed by atoms with Crippen molar-refractivity contribution in [2.75, 3.05) is 11.9 Å². The molecule has 0 aliphatic carbocycles. The van der Waals surface area contributed by atoms with E-state index in [4.69, 9.17) is 11.6 Å². The molecule has 0 fully saturated rings. The van der Waals surface area contributed by atoms with Crippen LogP contribution < -0.4 is 5.32 Å². The molecule has 3 heteroatoms. The fourth-order valence-corrected chi connectivity index (χ4v) is 3.27. The number of para-hydroxylation sites is 1. The van der Waals surface area contributed by atoms with Crippen molar-refractivity contribution >= 4 is 17.3 Å². The van der Waals surface area contributed by atoms with Gasteiger partial charge in [0.15, 0.2) is 0 Å². The van der Waals surface area contributed by atoms with Gasteiger partial charge >= 0.3 is 0 Å². The third kappa shape index (κ3) is 3.22. The molecule has 0 spiro atoms. The third-order valence-corrected chi connectivity index (χ3v) is 4.16. The van der Waals surface area contributed by atoms with Gasteiger partial charge in [0.25, 0.3) is 0 Å². The Hall–Kier alpha value is -1.51. The highest BCUT2D eigenvalue weighted by Crippen LogP contribution is 2.34. The van der Waals surface area contributed by atoms with Crippen LogP contribution in [0.5, 0.6) is 0 Å². The zero-order chi connectivity index (χ0) is 15.6. The Bertz CT molecular complexity index is 630. The van der Waals surface area contributed by atoms with Crippen LogP contribution >= 0.6 is 11.6 Å². The van der Waals surface area contributed by atoms with Crippen LogP contribution in [0.4, 0.5) is 5.69 Å². The van der Waals surface area contributed by atoms with E-state index >= 15 is 0 Å². The quantitative estimate of drug-likeness (QED) is 0.866. The van der Waals surface area contributed by atoms with Crippen LogP contribution in [0.3, 0.4) is 0 Å². The van der Waals surface area contributed by atoms with Crippen LogP contribution in [0, 0.1) is 20.8 Å². The number of nitrogens with one attached hydrogen (secondary N) is 1. The molecule has 0 aliphatic rings. The molecule has 0 heterocycles. The molecule has 0 bridgehead atoms. The smallest absolute Gasteiger partial charge is 0.0833 e. The third-order valence-electron chi connectivity index (χ3n) is 3.83. The van der Waals surface area contributed by atoms with Gasteiger partial charge in [0, 0.05) is 0 Å². The molecule has 0 saturated heterocycles. The van der Waals surface area contributed by atoms with Crippen molar-refractivity contribution in [1.82, 2.24) is 0 Å². The van der Waals surface area contributed by atoms with Crippen molar-refractivity contribution in [3.05, 3.63) is 63.7 Å². The summed E-state index contributed by atoms with van der Waals surface area (Å²) < 4.78 is 0. The minimum atomic E-state index is -0.577. The van der Waals surface area contributed by atoms with Crippen molar-refractivity contribution in [3.8, 4) is 0 Å². The number of aliphatic hydroxyl groups excluding tert-OH is 1. The van der Waals surface area contributed by atoms with Crippen molar-refractivity contribution in [3.63, 3.8) is 0 Å². The second-order valence-electron chi connectivity index (χ2n) is 5.87. The number of aliphatic hydroxyl groups is 1. The normalized spacial score (nSPS) is 13.8. The van der Waals surface area contributed by atoms with Crippen LogP contribution in [0.1, 0.15) is 29.2 Å². The molecule has 1 atom stereocenters. The zero-order valence-electron chi connectivity index (χ0n) is 13.0. The van der Waals surface area contributed by atoms with Gasteiger partial charge in [-0.05, 0) is 56.5 Å². The fourth-order valence-electron chi connectivity index (χ4n) is 3.09. The Morgan fingerprint density at radius 3 is 2.19 bits per heavy atom. The average Bonchev–Trinajstić information content (AvgIpc) is 2.40. The van der Waals surface area contributed by atoms with E-state index in [9.17, 15) is 5.11 Å². The van der Waals surface area contributed by atoms with E-state index in [-0.39, 0.29) is 6.61 Å². The molecular formula is C18H22ClNO. The summed E-state index contributed by atoms with van der Waals surface area (Å²) in [5, 5.41) is 14.1. The summed E-state index contributed by atoms with van der Waals surface area (Å²) >= 11 is 6.24. The Morgan fingerprint density at radius 2 is 1.67 bits per heavy atom. The predicted molar refractivity (Wildman–Crippen MR) is 90.2 cm³/mol. The van der Waals surface area contributed by atoms with E-state index in [0.29, 0.717) is 5.02 Å². The average molecular weight is 304 g/mol. The molecule has 2 rings (SSSR count). The van der Waals surface area contributed by atoms with Gasteiger partial charge in [-0.25, -0.2) is 0 Å². The maximum absolute atomic E-state index is 10.0. The maximum atomic E-state index is 10.0. The number of aryl methyl sites for hydroxylation is 3. The first kappa shape index (κ1) is 15.9. The summed E-state index contributed by atoms with van der Waals surface area (Å²) in [4.78, 5) is 0. The van der Waals surface area contributed by atoms with E-state index in [1.165, 1.54) is 16.7 Å². The molecular weight excluding hydrogens is 282 g/mol. The molecule has 0 aliphatic heterocycles. The lowest BCUT2D eigenvalue weighted by molar-refractivity contribution is 0.223. The SMILES string of the molecule is Cc1cc(C)c(C(C)(CO)Nc2ccccc2Cl)c(C)c1. The number of hydrogen-bond donors (Lipinski definition) is 2. The number of halogens is 1. The summed E-state index contributed by atoms with van der Waals surface area (Å²) in [7, 11) is 0. The van der Waals surface area contributed by atoms with Gasteiger partial charge in [0.05, 0.1) is 22.9 Å². The topological polar surface area (TPSA) is 32.3 Å². The van der Waals surface area contributed by atoms with Crippen molar-refractivity contribution in [1.29, 1.82) is 0 Å². The molecule has 0 aromatic heterocycles. The summed E-state index contributed by atoms with van der Waals surface area (Å²) in [5.74, 6) is 0. The van der Waals surface area contributed by atoms with Crippen LogP contribution in [0.25, 0.3) is 0 Å². The molecule has 112 valence electrons. The zero-order valence-corrected chi connectivity index (χ0v) is 13.8. The Morgan fingerprint density at radius 1 is 1.10 bits per heavy atom. The van der Waals surface area contributed by atoms with Gasteiger partial charge in [-0.3, -0.25) is 0 Å². The standard InChI is InChI=1S/C18H22ClNO/c1-12-9-13(2)17(14(3)10-12)18(4,11-21)20-16-8-6-5-7-15(16)19/h5-10,20-21H,11H2,1-4H3. The van der Waals surface area contributed by atoms with Gasteiger partial charge in [-0.2, -0.15) is 0 Å². The first-order chi connectivity index (χ1) is 9.87. The van der Waals surface area contributed by atoms with Crippen LogP contribution in [-0.2, 0) is 5.54 Å². The van der Waals surface area contributed by atoms with Crippen molar-refractivity contribution in [2.24, 2.45) is 0 Å². The van der Waals surface area contributed by atoms with Crippen molar-refractivity contribution in [2.45, 2.75) is 33.2 Å². The minimum absolute atomic E-state index is 0.0109. The van der Waals surface area contributed by atoms with E-state index in [1.807, 2.05) is 31.2 Å². The fraction of sp³-hybridized carbons (Fsp3) is 0.333. The Balaban J connectivity index is 2.50. The highest BCUT2D eigenvalue weighted by atomic mass is 35.5. The van der Waals surface area contributed by atoms with Crippen LogP contribution in [0.15, 0.2) is 36.4 Å². The lowest BCUT2D eigenvalue weighted by Gasteiger charge is -2.34. The van der Waals surface area contributed by atoms with Crippen LogP contribution in [0.2, 0.25) is 5.02 Å². The molecule has 21 heavy (non-hydrogen) atoms. The lowest BCUT2D eigenvalue weighted by Crippen LogP contribution is -2.37. The minimum Gasteiger partial charge on any atom is -0.394 e. The maximum Gasteiger partial charge on any atom is 0.0833 e. The van der Waals surface area contributed by atoms with E-state index in [2.05, 4.69) is 38.2 Å². The number of anilines is 1. The highest BCUT2D eigenvalue weighted by molar-refractivity contribution is 6.33. The second-order valence-corrected chi connectivity index (χ2v) is 6.28. The molecule has 0 radical (unpaired) electrons. The van der Waals surface area contributed by atoms with Gasteiger partial charge in [-0.15, -0.1) is 0 Å². The molecule has 2 aromatic rings. The molecule has 0 amide bonds. The number of rotatable bonds is 4. The summed E-state index contributed by atoms with van der Waals surface area (Å²) in [6, 6.07) is 11.9. The molecule has 2 nitrogen and oxygen atoms in total. The lowest BCUT2D eigenvalue weighted by atomic mass is 9.84. The van der Waals surface area contributed by atoms with E-state index in [1.54, 1.807) is 0 Å². The van der Waals surface area contributed by atoms with Crippen LogP contribution in [-0.4, -0.2) is 11.7 Å². The Labute approximate surface area is 131 Å². The first-order valence-corrected chi connectivity index (χ1v) is 7.47. The van der Waals surface area contributed by atoms with Gasteiger partial charge < -0.3 is 10.4 Å². The van der Waals surface area contributed by atoms with E-state index < -0.39 is 5.54 Å². The van der Waals surface area contributed by atoms with Crippen molar-refractivity contribution < 1.29 is 5.11 Å². The monoisotopic (exact) mass is 303 g/mol. The molecule has 2 aromatic carbocycles. The predicted octanol–water partition coefficient (Wildman–Crippen LogP) is 4.58. The molecule has 2 N–H and O–H groups in total. The first-order valence-electron chi connectivity index (χ1n) is 7.09. The molecule has 0 saturated carbocycles. The van der Waals surface area contributed by atoms with E-state index in [0.717, 1.165) is 11.3 Å². The van der Waals surface area contributed by atoms with Gasteiger partial charge in [0.2, 0.25) is 0 Å². The summed E-state index contributed by atoms with van der Waals surface area (Å²) in [5.41, 5.74) is 4.94. The second kappa shape index (κ2) is 6.08. The summed E-state index contributed by atoms with van der Waals surface area (Å²) in [6.45, 7) is 8.24. The number of hydrogen-bond acceptors (Lipinski definition) is 2. The highest BCUT2D eigenvalue weighted by Gasteiger charge is 2.29. The summed E-state index contributed by atoms with van der Waals surface area (Å²) in [6.07, 6.45) is 0.